The minimum Gasteiger partial charge on any atom is -0.466 e. The minimum atomic E-state index is -0.192. The number of carbonyl (C=O) groups is 1. The lowest BCUT2D eigenvalue weighted by Gasteiger charge is -2.16. The number of hydrogen-bond donors (Lipinski definition) is 1. The Hall–Kier alpha value is -2.07. The van der Waals surface area contributed by atoms with Crippen molar-refractivity contribution in [3.05, 3.63) is 60.1 Å². The van der Waals surface area contributed by atoms with Crippen LogP contribution in [0.5, 0.6) is 0 Å². The summed E-state index contributed by atoms with van der Waals surface area (Å²) >= 11 is 0. The second-order valence-corrected chi connectivity index (χ2v) is 4.78. The molecule has 1 N–H and O–H groups in total. The van der Waals surface area contributed by atoms with E-state index < -0.39 is 0 Å². The maximum absolute atomic E-state index is 12.2. The van der Waals surface area contributed by atoms with Gasteiger partial charge in [0.1, 0.15) is 11.9 Å². The average molecular weight is 256 g/mol. The Morgan fingerprint density at radius 2 is 2.00 bits per heavy atom. The van der Waals surface area contributed by atoms with Crippen LogP contribution in [0.15, 0.2) is 53.1 Å². The fourth-order valence-electron chi connectivity index (χ4n) is 2.46. The molecule has 2 heterocycles. The van der Waals surface area contributed by atoms with Crippen LogP contribution >= 0.6 is 0 Å². The summed E-state index contributed by atoms with van der Waals surface area (Å²) in [6.45, 7) is 0. The van der Waals surface area contributed by atoms with Crippen molar-refractivity contribution in [3.63, 3.8) is 0 Å². The van der Waals surface area contributed by atoms with Gasteiger partial charge in [-0.3, -0.25) is 10.1 Å². The Morgan fingerprint density at radius 3 is 2.68 bits per heavy atom. The van der Waals surface area contributed by atoms with E-state index in [2.05, 4.69) is 5.32 Å². The molecular weight excluding hydrogens is 240 g/mol. The summed E-state index contributed by atoms with van der Waals surface area (Å²) in [4.78, 5) is 13.9. The van der Waals surface area contributed by atoms with Gasteiger partial charge in [0.05, 0.1) is 12.3 Å². The molecule has 1 amide bonds. The standard InChI is InChI=1S/C15H16N2O2/c1-17-14(13-8-5-9-19-13)16-12(15(17)18)10-11-6-3-2-4-7-11/h2-9,12,14,16H,10H2,1H3/t12-,14?/m0/s1. The largest absolute Gasteiger partial charge is 0.466 e. The Kier molecular flexibility index (Phi) is 3.09. The Balaban J connectivity index is 1.76. The third-order valence-corrected chi connectivity index (χ3v) is 3.49. The van der Waals surface area contributed by atoms with E-state index >= 15 is 0 Å². The molecule has 1 unspecified atom stereocenters. The van der Waals surface area contributed by atoms with Gasteiger partial charge < -0.3 is 9.32 Å². The number of benzene rings is 1. The van der Waals surface area contributed by atoms with Crippen molar-refractivity contribution in [3.8, 4) is 0 Å². The average Bonchev–Trinajstić information content (AvgIpc) is 3.04. The lowest BCUT2D eigenvalue weighted by atomic mass is 10.1. The van der Waals surface area contributed by atoms with Gasteiger partial charge >= 0.3 is 0 Å². The predicted octanol–water partition coefficient (Wildman–Crippen LogP) is 1.95. The normalized spacial score (nSPS) is 23.0. The molecule has 0 saturated carbocycles. The summed E-state index contributed by atoms with van der Waals surface area (Å²) in [5.41, 5.74) is 1.15. The molecule has 4 heteroatoms. The molecule has 98 valence electrons. The van der Waals surface area contributed by atoms with Crippen LogP contribution in [0, 0.1) is 0 Å². The zero-order valence-electron chi connectivity index (χ0n) is 10.7. The van der Waals surface area contributed by atoms with Crippen LogP contribution in [0.25, 0.3) is 0 Å². The summed E-state index contributed by atoms with van der Waals surface area (Å²) in [6.07, 6.45) is 2.15. The maximum atomic E-state index is 12.2. The van der Waals surface area contributed by atoms with Gasteiger partial charge in [0.2, 0.25) is 5.91 Å². The lowest BCUT2D eigenvalue weighted by Crippen LogP contribution is -2.31. The number of rotatable bonds is 3. The van der Waals surface area contributed by atoms with Crippen molar-refractivity contribution in [2.45, 2.75) is 18.6 Å². The highest BCUT2D eigenvalue weighted by molar-refractivity contribution is 5.84. The Bertz CT molecular complexity index is 551. The molecule has 2 aromatic rings. The van der Waals surface area contributed by atoms with Crippen molar-refractivity contribution in [2.24, 2.45) is 0 Å². The predicted molar refractivity (Wildman–Crippen MR) is 71.3 cm³/mol. The number of nitrogens with zero attached hydrogens (tertiary/aromatic N) is 1. The highest BCUT2D eigenvalue weighted by Crippen LogP contribution is 2.25. The number of nitrogens with one attached hydrogen (secondary N) is 1. The molecule has 1 aromatic heterocycles. The quantitative estimate of drug-likeness (QED) is 0.913. The van der Waals surface area contributed by atoms with Gasteiger partial charge in [0.25, 0.3) is 0 Å². The first-order valence-electron chi connectivity index (χ1n) is 6.36. The molecule has 1 saturated heterocycles. The van der Waals surface area contributed by atoms with Crippen LogP contribution in [0.2, 0.25) is 0 Å². The van der Waals surface area contributed by atoms with Crippen molar-refractivity contribution < 1.29 is 9.21 Å². The first-order valence-corrected chi connectivity index (χ1v) is 6.36. The van der Waals surface area contributed by atoms with Gasteiger partial charge in [0.15, 0.2) is 0 Å². The SMILES string of the molecule is CN1C(=O)[C@H](Cc2ccccc2)NC1c1ccco1. The second-order valence-electron chi connectivity index (χ2n) is 4.78. The van der Waals surface area contributed by atoms with Crippen LogP contribution in [0.1, 0.15) is 17.5 Å². The topological polar surface area (TPSA) is 45.5 Å². The van der Waals surface area contributed by atoms with Gasteiger partial charge in [-0.1, -0.05) is 30.3 Å². The number of carbonyl (C=O) groups excluding carboxylic acids is 1. The highest BCUT2D eigenvalue weighted by Gasteiger charge is 2.38. The summed E-state index contributed by atoms with van der Waals surface area (Å²) in [5, 5.41) is 3.32. The van der Waals surface area contributed by atoms with Crippen molar-refractivity contribution in [1.29, 1.82) is 0 Å². The van der Waals surface area contributed by atoms with Crippen LogP contribution in [-0.4, -0.2) is 23.9 Å². The molecule has 3 rings (SSSR count). The fraction of sp³-hybridized carbons (Fsp3) is 0.267. The zero-order chi connectivity index (χ0) is 13.2. The number of amides is 1. The summed E-state index contributed by atoms with van der Waals surface area (Å²) in [6, 6.07) is 13.6. The van der Waals surface area contributed by atoms with E-state index in [1.165, 1.54) is 0 Å². The first-order chi connectivity index (χ1) is 9.25. The molecule has 2 atom stereocenters. The Morgan fingerprint density at radius 1 is 1.21 bits per heavy atom. The summed E-state index contributed by atoms with van der Waals surface area (Å²) < 4.78 is 5.38. The summed E-state index contributed by atoms with van der Waals surface area (Å²) in [7, 11) is 1.80. The molecule has 0 bridgehead atoms. The van der Waals surface area contributed by atoms with E-state index in [0.717, 1.165) is 11.3 Å². The fourth-order valence-corrected chi connectivity index (χ4v) is 2.46. The molecular formula is C15H16N2O2. The van der Waals surface area contributed by atoms with Gasteiger partial charge in [-0.2, -0.15) is 0 Å². The van der Waals surface area contributed by atoms with Gasteiger partial charge in [-0.15, -0.1) is 0 Å². The van der Waals surface area contributed by atoms with E-state index in [1.54, 1.807) is 18.2 Å². The molecule has 0 spiro atoms. The van der Waals surface area contributed by atoms with Crippen molar-refractivity contribution >= 4 is 5.91 Å². The first kappa shape index (κ1) is 12.0. The second kappa shape index (κ2) is 4.90. The van der Waals surface area contributed by atoms with Crippen LogP contribution < -0.4 is 5.32 Å². The molecule has 0 aliphatic carbocycles. The van der Waals surface area contributed by atoms with E-state index in [4.69, 9.17) is 4.42 Å². The minimum absolute atomic E-state index is 0.102. The molecule has 0 radical (unpaired) electrons. The lowest BCUT2D eigenvalue weighted by molar-refractivity contribution is -0.128. The summed E-state index contributed by atoms with van der Waals surface area (Å²) in [5.74, 6) is 0.872. The van der Waals surface area contributed by atoms with E-state index in [-0.39, 0.29) is 18.1 Å². The number of hydrogen-bond acceptors (Lipinski definition) is 3. The maximum Gasteiger partial charge on any atom is 0.241 e. The Labute approximate surface area is 112 Å². The van der Waals surface area contributed by atoms with Crippen LogP contribution in [0.4, 0.5) is 0 Å². The molecule has 4 nitrogen and oxygen atoms in total. The number of furan rings is 1. The molecule has 19 heavy (non-hydrogen) atoms. The van der Waals surface area contributed by atoms with E-state index in [1.807, 2.05) is 42.5 Å². The van der Waals surface area contributed by atoms with Gasteiger partial charge in [0, 0.05) is 7.05 Å². The molecule has 1 fully saturated rings. The number of likely N-dealkylation sites (N-methyl/N-ethyl adjacent to an activating group) is 1. The third kappa shape index (κ3) is 2.27. The van der Waals surface area contributed by atoms with E-state index in [0.29, 0.717) is 6.42 Å². The molecule has 1 aliphatic rings. The smallest absolute Gasteiger partial charge is 0.241 e. The molecule has 1 aromatic carbocycles. The van der Waals surface area contributed by atoms with E-state index in [9.17, 15) is 4.79 Å². The van der Waals surface area contributed by atoms with Crippen molar-refractivity contribution in [1.82, 2.24) is 10.2 Å². The monoisotopic (exact) mass is 256 g/mol. The zero-order valence-corrected chi connectivity index (χ0v) is 10.7. The van der Waals surface area contributed by atoms with Crippen LogP contribution in [-0.2, 0) is 11.2 Å². The third-order valence-electron chi connectivity index (χ3n) is 3.49. The highest BCUT2D eigenvalue weighted by atomic mass is 16.3. The van der Waals surface area contributed by atoms with Crippen LogP contribution in [0.3, 0.4) is 0 Å². The van der Waals surface area contributed by atoms with Gasteiger partial charge in [-0.05, 0) is 24.1 Å². The van der Waals surface area contributed by atoms with Gasteiger partial charge in [-0.25, -0.2) is 0 Å². The molecule has 1 aliphatic heterocycles. The van der Waals surface area contributed by atoms with Crippen molar-refractivity contribution in [2.75, 3.05) is 7.05 Å².